The van der Waals surface area contributed by atoms with E-state index in [0.29, 0.717) is 37.4 Å². The van der Waals surface area contributed by atoms with Crippen LogP contribution in [0.1, 0.15) is 46.5 Å². The lowest BCUT2D eigenvalue weighted by atomic mass is 9.73. The van der Waals surface area contributed by atoms with Crippen LogP contribution in [-0.2, 0) is 24.0 Å². The van der Waals surface area contributed by atoms with Crippen molar-refractivity contribution in [2.45, 2.75) is 63.8 Å². The van der Waals surface area contributed by atoms with Crippen molar-refractivity contribution in [3.05, 3.63) is 10.6 Å². The zero-order valence-corrected chi connectivity index (χ0v) is 23.4. The van der Waals surface area contributed by atoms with E-state index >= 15 is 0 Å². The number of thioether (sulfide) groups is 1. The monoisotopic (exact) mass is 562 g/mol. The molecule has 0 aromatic carbocycles. The number of β-lactam (4-membered cyclic amide) rings is 1. The van der Waals surface area contributed by atoms with Gasteiger partial charge in [-0.2, -0.15) is 0 Å². The molecule has 0 saturated carbocycles. The average molecular weight is 563 g/mol. The molecule has 0 bridgehead atoms. The van der Waals surface area contributed by atoms with Gasteiger partial charge in [0, 0.05) is 48.5 Å². The van der Waals surface area contributed by atoms with Gasteiger partial charge in [-0.1, -0.05) is 13.8 Å². The number of hydrogen-bond donors (Lipinski definition) is 4. The predicted octanol–water partition coefficient (Wildman–Crippen LogP) is -0.0807. The van der Waals surface area contributed by atoms with Gasteiger partial charge in [0.05, 0.1) is 18.0 Å². The van der Waals surface area contributed by atoms with Crippen LogP contribution in [-0.4, -0.2) is 93.7 Å². The van der Waals surface area contributed by atoms with E-state index in [1.54, 1.807) is 4.90 Å². The number of rotatable bonds is 11. The lowest BCUT2D eigenvalue weighted by Gasteiger charge is -2.47. The van der Waals surface area contributed by atoms with Crippen LogP contribution in [0.15, 0.2) is 15.6 Å². The molecular formula is C26H38N6O6S. The average Bonchev–Trinajstić information content (AvgIpc) is 3.56. The second-order valence-corrected chi connectivity index (χ2v) is 12.6. The Bertz CT molecular complexity index is 1120. The summed E-state index contributed by atoms with van der Waals surface area (Å²) in [6, 6.07) is -0.644. The fourth-order valence-corrected chi connectivity index (χ4v) is 7.97. The lowest BCUT2D eigenvalue weighted by molar-refractivity contribution is -0.160. The second-order valence-electron chi connectivity index (χ2n) is 11.3. The van der Waals surface area contributed by atoms with Gasteiger partial charge in [0.2, 0.25) is 11.8 Å². The Morgan fingerprint density at radius 2 is 1.97 bits per heavy atom. The molecule has 4 heterocycles. The van der Waals surface area contributed by atoms with Crippen LogP contribution in [0.3, 0.4) is 0 Å². The SMILES string of the molecule is CC(=O)C[C@H](C)[C@H]1C(=O)N2C(C(=O)O)=C(S[C@@H]3CN[C@H](C(=O)N4CC[C@H](CC(=O)CN=C(N)N)C4)C3)[C@H](C)[C@@H]12. The minimum atomic E-state index is -1.13. The molecule has 6 N–H and O–H groups in total. The predicted molar refractivity (Wildman–Crippen MR) is 145 cm³/mol. The number of amides is 2. The van der Waals surface area contributed by atoms with Gasteiger partial charge in [-0.15, -0.1) is 11.8 Å². The molecule has 214 valence electrons. The molecule has 0 aromatic heterocycles. The number of guanidine groups is 1. The number of nitrogens with zero attached hydrogens (tertiary/aromatic N) is 3. The standard InChI is InChI=1S/C26H38N6O6S/c1-12(6-13(2)33)19-20-14(3)22(21(25(37)38)32(20)24(19)36)39-17-8-18(29-10-17)23(35)31-5-4-15(11-31)7-16(34)9-30-26(27)28/h12,14-15,17-20,29H,4-11H2,1-3H3,(H,37,38)(H4,27,28,30)/t12-,14+,15+,17-,18-,19+,20-/m0/s1. The molecule has 0 unspecified atom stereocenters. The van der Waals surface area contributed by atoms with Crippen LogP contribution < -0.4 is 16.8 Å². The fraction of sp³-hybridized carbons (Fsp3) is 0.692. The summed E-state index contributed by atoms with van der Waals surface area (Å²) in [6.07, 6.45) is 1.89. The van der Waals surface area contributed by atoms with Gasteiger partial charge in [0.15, 0.2) is 11.7 Å². The molecule has 39 heavy (non-hydrogen) atoms. The van der Waals surface area contributed by atoms with Crippen molar-refractivity contribution >= 4 is 47.1 Å². The van der Waals surface area contributed by atoms with Crippen molar-refractivity contribution in [2.24, 2.45) is 40.1 Å². The summed E-state index contributed by atoms with van der Waals surface area (Å²) in [4.78, 5) is 69.7. The maximum absolute atomic E-state index is 13.2. The summed E-state index contributed by atoms with van der Waals surface area (Å²) >= 11 is 1.44. The zero-order chi connectivity index (χ0) is 28.6. The molecule has 3 fully saturated rings. The highest BCUT2D eigenvalue weighted by Gasteiger charge is 2.60. The number of ketones is 2. The third-order valence-corrected chi connectivity index (χ3v) is 9.76. The Hall–Kier alpha value is -2.93. The van der Waals surface area contributed by atoms with Gasteiger partial charge in [0.25, 0.3) is 0 Å². The van der Waals surface area contributed by atoms with Gasteiger partial charge in [-0.25, -0.2) is 9.79 Å². The van der Waals surface area contributed by atoms with Crippen molar-refractivity contribution in [1.29, 1.82) is 0 Å². The first-order valence-electron chi connectivity index (χ1n) is 13.4. The number of nitrogens with one attached hydrogen (secondary N) is 1. The number of hydrogen-bond acceptors (Lipinski definition) is 8. The first-order valence-corrected chi connectivity index (χ1v) is 14.3. The van der Waals surface area contributed by atoms with Gasteiger partial charge in [-0.05, 0) is 31.6 Å². The van der Waals surface area contributed by atoms with Crippen molar-refractivity contribution in [3.63, 3.8) is 0 Å². The molecule has 0 aromatic rings. The third kappa shape index (κ3) is 5.98. The number of fused-ring (bicyclic) bond motifs is 1. The largest absolute Gasteiger partial charge is 0.477 e. The zero-order valence-electron chi connectivity index (χ0n) is 22.6. The molecule has 4 rings (SSSR count). The Balaban J connectivity index is 1.34. The number of aliphatic carboxylic acids is 1. The molecule has 4 aliphatic heterocycles. The summed E-state index contributed by atoms with van der Waals surface area (Å²) in [5.41, 5.74) is 10.6. The van der Waals surface area contributed by atoms with Gasteiger partial charge in [-0.3, -0.25) is 14.4 Å². The Labute approximate surface area is 232 Å². The Morgan fingerprint density at radius 3 is 2.62 bits per heavy atom. The second kappa shape index (κ2) is 11.7. The van der Waals surface area contributed by atoms with Crippen LogP contribution in [0.2, 0.25) is 0 Å². The van der Waals surface area contributed by atoms with E-state index in [4.69, 9.17) is 11.5 Å². The number of carboxylic acids is 1. The fourth-order valence-electron chi connectivity index (χ4n) is 6.49. The number of likely N-dealkylation sites (tertiary alicyclic amines) is 1. The number of nitrogens with two attached hydrogens (primary N) is 2. The van der Waals surface area contributed by atoms with Gasteiger partial charge in [0.1, 0.15) is 18.0 Å². The maximum atomic E-state index is 13.2. The van der Waals surface area contributed by atoms with Crippen molar-refractivity contribution < 1.29 is 29.1 Å². The molecule has 4 aliphatic rings. The minimum Gasteiger partial charge on any atom is -0.477 e. The van der Waals surface area contributed by atoms with Crippen LogP contribution >= 0.6 is 11.8 Å². The highest BCUT2D eigenvalue weighted by Crippen LogP contribution is 2.53. The molecule has 0 radical (unpaired) electrons. The summed E-state index contributed by atoms with van der Waals surface area (Å²) in [6.45, 7) is 6.90. The third-order valence-electron chi connectivity index (χ3n) is 8.25. The van der Waals surface area contributed by atoms with E-state index < -0.39 is 5.97 Å². The smallest absolute Gasteiger partial charge is 0.353 e. The number of carboxylic acid groups (broad SMARTS) is 1. The molecule has 3 saturated heterocycles. The molecule has 7 atom stereocenters. The maximum Gasteiger partial charge on any atom is 0.353 e. The number of aliphatic imine (C=N–C) groups is 1. The van der Waals surface area contributed by atoms with Crippen molar-refractivity contribution in [1.82, 2.24) is 15.1 Å². The van der Waals surface area contributed by atoms with E-state index in [-0.39, 0.29) is 89.0 Å². The van der Waals surface area contributed by atoms with Gasteiger partial charge < -0.3 is 36.5 Å². The molecule has 2 amide bonds. The quantitative estimate of drug-likeness (QED) is 0.151. The van der Waals surface area contributed by atoms with E-state index in [0.717, 1.165) is 6.42 Å². The van der Waals surface area contributed by atoms with Gasteiger partial charge >= 0.3 is 5.97 Å². The number of carbonyl (C=O) groups is 5. The lowest BCUT2D eigenvalue weighted by Crippen LogP contribution is -2.62. The summed E-state index contributed by atoms with van der Waals surface area (Å²) in [5.74, 6) is -2.16. The molecular weight excluding hydrogens is 524 g/mol. The molecule has 0 spiro atoms. The Morgan fingerprint density at radius 1 is 1.26 bits per heavy atom. The Kier molecular flexibility index (Phi) is 8.69. The highest BCUT2D eigenvalue weighted by atomic mass is 32.2. The van der Waals surface area contributed by atoms with Crippen LogP contribution in [0.25, 0.3) is 0 Å². The summed E-state index contributed by atoms with van der Waals surface area (Å²) < 4.78 is 0. The van der Waals surface area contributed by atoms with Crippen molar-refractivity contribution in [2.75, 3.05) is 26.2 Å². The van der Waals surface area contributed by atoms with Crippen molar-refractivity contribution in [3.8, 4) is 0 Å². The van der Waals surface area contributed by atoms with E-state index in [1.807, 2.05) is 13.8 Å². The number of Topliss-reactive ketones (excluding diaryl/α,β-unsaturated/α-hetero) is 2. The first-order chi connectivity index (χ1) is 18.4. The molecule has 13 heteroatoms. The molecule has 12 nitrogen and oxygen atoms in total. The van der Waals surface area contributed by atoms with Crippen LogP contribution in [0.5, 0.6) is 0 Å². The molecule has 0 aliphatic carbocycles. The normalized spacial score (nSPS) is 30.7. The topological polar surface area (TPSA) is 188 Å². The number of carbonyl (C=O) groups excluding carboxylic acids is 4. The highest BCUT2D eigenvalue weighted by molar-refractivity contribution is 8.03. The summed E-state index contributed by atoms with van der Waals surface area (Å²) in [7, 11) is 0. The van der Waals surface area contributed by atoms with E-state index in [2.05, 4.69) is 10.3 Å². The van der Waals surface area contributed by atoms with Crippen LogP contribution in [0.4, 0.5) is 0 Å². The summed E-state index contributed by atoms with van der Waals surface area (Å²) in [5, 5.41) is 13.2. The minimum absolute atomic E-state index is 0.00928. The van der Waals surface area contributed by atoms with E-state index in [1.165, 1.54) is 23.6 Å². The van der Waals surface area contributed by atoms with Crippen LogP contribution in [0, 0.1) is 23.7 Å². The van der Waals surface area contributed by atoms with E-state index in [9.17, 15) is 29.1 Å². The first kappa shape index (κ1) is 29.1.